The number of nitrogens with one attached hydrogen (secondary N) is 1. The Morgan fingerprint density at radius 3 is 3.05 bits per heavy atom. The molecule has 20 heavy (non-hydrogen) atoms. The molecule has 1 fully saturated rings. The minimum Gasteiger partial charge on any atom is -0.396 e. The molecule has 1 aliphatic rings. The molecule has 0 bridgehead atoms. The summed E-state index contributed by atoms with van der Waals surface area (Å²) in [5, 5.41) is 12.7. The monoisotopic (exact) mass is 342 g/mol. The number of nitrogens with zero attached hydrogens (tertiary/aromatic N) is 1. The molecule has 1 aromatic rings. The smallest absolute Gasteiger partial charge is 0.0587 e. The van der Waals surface area contributed by atoms with E-state index in [-0.39, 0.29) is 6.61 Å². The number of ether oxygens (including phenoxy) is 1. The summed E-state index contributed by atoms with van der Waals surface area (Å²) in [5.74, 6) is 0.406. The van der Waals surface area contributed by atoms with Crippen molar-refractivity contribution >= 4 is 21.6 Å². The molecule has 1 unspecified atom stereocenters. The second kappa shape index (κ2) is 7.98. The van der Waals surface area contributed by atoms with Crippen LogP contribution in [0.15, 0.2) is 22.7 Å². The van der Waals surface area contributed by atoms with Crippen LogP contribution < -0.4 is 10.2 Å². The Morgan fingerprint density at radius 1 is 1.50 bits per heavy atom. The van der Waals surface area contributed by atoms with E-state index in [4.69, 9.17) is 4.74 Å². The minimum absolute atomic E-state index is 0.284. The molecule has 1 aliphatic heterocycles. The Kier molecular flexibility index (Phi) is 6.29. The molecule has 0 spiro atoms. The third kappa shape index (κ3) is 4.19. The summed E-state index contributed by atoms with van der Waals surface area (Å²) in [6.07, 6.45) is 1.07. The van der Waals surface area contributed by atoms with Crippen LogP contribution in [0, 0.1) is 5.92 Å². The van der Waals surface area contributed by atoms with Gasteiger partial charge in [0.05, 0.1) is 6.61 Å². The molecule has 2 N–H and O–H groups in total. The Balaban J connectivity index is 2.04. The molecule has 1 aromatic carbocycles. The van der Waals surface area contributed by atoms with E-state index < -0.39 is 0 Å². The molecule has 4 nitrogen and oxygen atoms in total. The largest absolute Gasteiger partial charge is 0.396 e. The molecule has 5 heteroatoms. The summed E-state index contributed by atoms with van der Waals surface area (Å²) in [5.41, 5.74) is 2.56. The Bertz CT molecular complexity index is 428. The first-order chi connectivity index (χ1) is 9.74. The molecule has 2 rings (SSSR count). The molecule has 0 radical (unpaired) electrons. The van der Waals surface area contributed by atoms with Gasteiger partial charge in [0.1, 0.15) is 0 Å². The average Bonchev–Trinajstić information content (AvgIpc) is 2.93. The van der Waals surface area contributed by atoms with E-state index in [9.17, 15) is 5.11 Å². The van der Waals surface area contributed by atoms with Crippen LogP contribution in [0.5, 0.6) is 0 Å². The Labute approximate surface area is 129 Å². The third-order valence-corrected chi connectivity index (χ3v) is 4.22. The van der Waals surface area contributed by atoms with Crippen LogP contribution in [-0.4, -0.2) is 45.1 Å². The molecule has 1 saturated heterocycles. The molecule has 112 valence electrons. The number of aliphatic hydroxyl groups excluding tert-OH is 1. The van der Waals surface area contributed by atoms with Crippen LogP contribution >= 0.6 is 15.9 Å². The summed E-state index contributed by atoms with van der Waals surface area (Å²) < 4.78 is 6.15. The predicted octanol–water partition coefficient (Wildman–Crippen LogP) is 2.00. The molecular weight excluding hydrogens is 320 g/mol. The Morgan fingerprint density at radius 2 is 2.35 bits per heavy atom. The first-order valence-electron chi connectivity index (χ1n) is 7.08. The van der Waals surface area contributed by atoms with Gasteiger partial charge in [-0.05, 0) is 24.1 Å². The number of halogens is 1. The lowest BCUT2D eigenvalue weighted by Gasteiger charge is -2.22. The van der Waals surface area contributed by atoms with E-state index in [1.54, 1.807) is 7.11 Å². The SMILES string of the molecule is COCCNCc1ccc(Br)cc1N1CCC(CO)C1. The van der Waals surface area contributed by atoms with Gasteiger partial charge in [0.15, 0.2) is 0 Å². The van der Waals surface area contributed by atoms with Crippen LogP contribution in [0.2, 0.25) is 0 Å². The van der Waals surface area contributed by atoms with E-state index >= 15 is 0 Å². The zero-order valence-electron chi connectivity index (χ0n) is 11.9. The fourth-order valence-electron chi connectivity index (χ4n) is 2.58. The van der Waals surface area contributed by atoms with Gasteiger partial charge in [-0.2, -0.15) is 0 Å². The summed E-state index contributed by atoms with van der Waals surface area (Å²) in [6, 6.07) is 6.41. The highest BCUT2D eigenvalue weighted by Gasteiger charge is 2.23. The van der Waals surface area contributed by atoms with E-state index in [1.165, 1.54) is 11.3 Å². The summed E-state index contributed by atoms with van der Waals surface area (Å²) >= 11 is 3.55. The summed E-state index contributed by atoms with van der Waals surface area (Å²) in [7, 11) is 1.71. The van der Waals surface area contributed by atoms with Crippen LogP contribution in [0.25, 0.3) is 0 Å². The summed E-state index contributed by atoms with van der Waals surface area (Å²) in [6.45, 7) is 4.66. The van der Waals surface area contributed by atoms with Gasteiger partial charge in [-0.3, -0.25) is 0 Å². The molecule has 0 amide bonds. The lowest BCUT2D eigenvalue weighted by atomic mass is 10.1. The molecule has 1 atom stereocenters. The highest BCUT2D eigenvalue weighted by molar-refractivity contribution is 9.10. The lowest BCUT2D eigenvalue weighted by Crippen LogP contribution is -2.24. The number of hydrogen-bond donors (Lipinski definition) is 2. The van der Waals surface area contributed by atoms with Crippen LogP contribution in [0.1, 0.15) is 12.0 Å². The van der Waals surface area contributed by atoms with Crippen LogP contribution in [-0.2, 0) is 11.3 Å². The molecular formula is C15H23BrN2O2. The highest BCUT2D eigenvalue weighted by atomic mass is 79.9. The second-order valence-corrected chi connectivity index (χ2v) is 6.14. The fourth-order valence-corrected chi connectivity index (χ4v) is 2.93. The first-order valence-corrected chi connectivity index (χ1v) is 7.87. The van der Waals surface area contributed by atoms with Gasteiger partial charge < -0.3 is 20.1 Å². The third-order valence-electron chi connectivity index (χ3n) is 3.73. The average molecular weight is 343 g/mol. The number of aliphatic hydroxyl groups is 1. The van der Waals surface area contributed by atoms with Gasteiger partial charge in [0.25, 0.3) is 0 Å². The first kappa shape index (κ1) is 15.8. The Hall–Kier alpha value is -0.620. The van der Waals surface area contributed by atoms with Gasteiger partial charge in [0.2, 0.25) is 0 Å². The van der Waals surface area contributed by atoms with Crippen molar-refractivity contribution in [2.75, 3.05) is 44.9 Å². The zero-order valence-corrected chi connectivity index (χ0v) is 13.5. The molecule has 0 aromatic heterocycles. The van der Waals surface area contributed by atoms with Gasteiger partial charge >= 0.3 is 0 Å². The number of benzene rings is 1. The van der Waals surface area contributed by atoms with Gasteiger partial charge in [0, 0.05) is 56.0 Å². The van der Waals surface area contributed by atoms with Crippen molar-refractivity contribution in [1.82, 2.24) is 5.32 Å². The van der Waals surface area contributed by atoms with Crippen molar-refractivity contribution in [1.29, 1.82) is 0 Å². The standard InChI is InChI=1S/C15H23BrN2O2/c1-20-7-5-17-9-13-2-3-14(16)8-15(13)18-6-4-12(10-18)11-19/h2-3,8,12,17,19H,4-7,9-11H2,1H3. The van der Waals surface area contributed by atoms with Crippen molar-refractivity contribution < 1.29 is 9.84 Å². The highest BCUT2D eigenvalue weighted by Crippen LogP contribution is 2.29. The second-order valence-electron chi connectivity index (χ2n) is 5.23. The van der Waals surface area contributed by atoms with E-state index in [1.807, 2.05) is 0 Å². The maximum absolute atomic E-state index is 9.29. The number of hydrogen-bond acceptors (Lipinski definition) is 4. The molecule has 1 heterocycles. The maximum atomic E-state index is 9.29. The van der Waals surface area contributed by atoms with Crippen LogP contribution in [0.3, 0.4) is 0 Å². The topological polar surface area (TPSA) is 44.7 Å². The fraction of sp³-hybridized carbons (Fsp3) is 0.600. The number of anilines is 1. The van der Waals surface area contributed by atoms with Gasteiger partial charge in [-0.1, -0.05) is 22.0 Å². The zero-order chi connectivity index (χ0) is 14.4. The van der Waals surface area contributed by atoms with Crippen molar-refractivity contribution in [2.45, 2.75) is 13.0 Å². The van der Waals surface area contributed by atoms with Crippen molar-refractivity contribution in [3.05, 3.63) is 28.2 Å². The van der Waals surface area contributed by atoms with Crippen LogP contribution in [0.4, 0.5) is 5.69 Å². The normalized spacial score (nSPS) is 18.8. The minimum atomic E-state index is 0.284. The quantitative estimate of drug-likeness (QED) is 0.744. The van der Waals surface area contributed by atoms with Crippen molar-refractivity contribution in [2.24, 2.45) is 5.92 Å². The lowest BCUT2D eigenvalue weighted by molar-refractivity contribution is 0.199. The molecule has 0 saturated carbocycles. The molecule has 0 aliphatic carbocycles. The predicted molar refractivity (Wildman–Crippen MR) is 85.1 cm³/mol. The van der Waals surface area contributed by atoms with E-state index in [0.29, 0.717) is 5.92 Å². The van der Waals surface area contributed by atoms with Crippen molar-refractivity contribution in [3.8, 4) is 0 Å². The number of methoxy groups -OCH3 is 1. The van der Waals surface area contributed by atoms with Gasteiger partial charge in [-0.25, -0.2) is 0 Å². The van der Waals surface area contributed by atoms with Crippen molar-refractivity contribution in [3.63, 3.8) is 0 Å². The van der Waals surface area contributed by atoms with E-state index in [2.05, 4.69) is 44.3 Å². The maximum Gasteiger partial charge on any atom is 0.0587 e. The number of rotatable bonds is 7. The summed E-state index contributed by atoms with van der Waals surface area (Å²) in [4.78, 5) is 2.37. The van der Waals surface area contributed by atoms with E-state index in [0.717, 1.165) is 43.7 Å². The van der Waals surface area contributed by atoms with Gasteiger partial charge in [-0.15, -0.1) is 0 Å².